The van der Waals surface area contributed by atoms with E-state index in [9.17, 15) is 18.7 Å². The summed E-state index contributed by atoms with van der Waals surface area (Å²) in [6.07, 6.45) is -0.0308. The van der Waals surface area contributed by atoms with Gasteiger partial charge in [0, 0.05) is 18.7 Å². The average molecular weight is 343 g/mol. The highest BCUT2D eigenvalue weighted by Gasteiger charge is 2.22. The van der Waals surface area contributed by atoms with Gasteiger partial charge in [0.05, 0.1) is 12.1 Å². The van der Waals surface area contributed by atoms with Crippen LogP contribution in [0.4, 0.5) is 13.6 Å². The molecule has 0 spiro atoms. The summed E-state index contributed by atoms with van der Waals surface area (Å²) in [5.74, 6) is -1.16. The first kappa shape index (κ1) is 20.3. The zero-order chi connectivity index (χ0) is 18.3. The van der Waals surface area contributed by atoms with Crippen LogP contribution in [0.25, 0.3) is 0 Å². The first-order chi connectivity index (χ1) is 11.2. The van der Waals surface area contributed by atoms with Crippen LogP contribution in [0.3, 0.4) is 0 Å². The molecule has 0 bridgehead atoms. The zero-order valence-electron chi connectivity index (χ0n) is 14.6. The predicted molar refractivity (Wildman–Crippen MR) is 89.6 cm³/mol. The van der Waals surface area contributed by atoms with Crippen LogP contribution in [-0.4, -0.2) is 49.3 Å². The van der Waals surface area contributed by atoms with E-state index in [2.05, 4.69) is 10.6 Å². The van der Waals surface area contributed by atoms with Gasteiger partial charge in [-0.2, -0.15) is 0 Å². The number of likely N-dealkylation sites (N-methyl/N-ethyl adjacent to an activating group) is 1. The number of hydrogen-bond donors (Lipinski definition) is 3. The van der Waals surface area contributed by atoms with Crippen LogP contribution in [0, 0.1) is 17.6 Å². The Bertz CT molecular complexity index is 518. The van der Waals surface area contributed by atoms with E-state index >= 15 is 0 Å². The fourth-order valence-electron chi connectivity index (χ4n) is 2.29. The molecule has 0 saturated carbocycles. The van der Waals surface area contributed by atoms with Gasteiger partial charge in [0.15, 0.2) is 0 Å². The van der Waals surface area contributed by atoms with Crippen molar-refractivity contribution in [1.29, 1.82) is 0 Å². The molecule has 1 aromatic rings. The Morgan fingerprint density at radius 1 is 1.21 bits per heavy atom. The number of nitrogens with one attached hydrogen (secondary N) is 2. The van der Waals surface area contributed by atoms with Gasteiger partial charge in [0.2, 0.25) is 0 Å². The Morgan fingerprint density at radius 3 is 2.29 bits per heavy atom. The van der Waals surface area contributed by atoms with Gasteiger partial charge in [-0.1, -0.05) is 19.9 Å². The maximum absolute atomic E-state index is 13.9. The Morgan fingerprint density at radius 2 is 1.79 bits per heavy atom. The van der Waals surface area contributed by atoms with Crippen molar-refractivity contribution in [2.24, 2.45) is 5.92 Å². The van der Waals surface area contributed by atoms with Crippen molar-refractivity contribution in [2.75, 3.05) is 27.2 Å². The lowest BCUT2D eigenvalue weighted by Gasteiger charge is -2.26. The van der Waals surface area contributed by atoms with Gasteiger partial charge in [-0.25, -0.2) is 13.6 Å². The number of amides is 2. The third kappa shape index (κ3) is 6.05. The molecule has 0 fully saturated rings. The molecule has 24 heavy (non-hydrogen) atoms. The number of benzene rings is 1. The number of aliphatic hydroxyl groups excluding tert-OH is 1. The Kier molecular flexibility index (Phi) is 8.07. The predicted octanol–water partition coefficient (Wildman–Crippen LogP) is 2.27. The van der Waals surface area contributed by atoms with E-state index in [0.717, 1.165) is 0 Å². The number of aliphatic hydroxyl groups is 1. The van der Waals surface area contributed by atoms with Crippen LogP contribution < -0.4 is 10.6 Å². The fourth-order valence-corrected chi connectivity index (χ4v) is 2.29. The maximum atomic E-state index is 13.9. The van der Waals surface area contributed by atoms with Gasteiger partial charge in [-0.3, -0.25) is 0 Å². The SMILES string of the molecule is CC(C)C(O)CCNC(=O)NCC(c1c(F)cccc1F)N(C)C. The molecule has 5 nitrogen and oxygen atoms in total. The number of hydrogen-bond acceptors (Lipinski definition) is 3. The van der Waals surface area contributed by atoms with E-state index in [1.54, 1.807) is 19.0 Å². The largest absolute Gasteiger partial charge is 0.393 e. The number of urea groups is 1. The molecule has 0 radical (unpaired) electrons. The van der Waals surface area contributed by atoms with Crippen molar-refractivity contribution in [3.63, 3.8) is 0 Å². The molecule has 1 rings (SSSR count). The minimum absolute atomic E-state index is 0.0589. The van der Waals surface area contributed by atoms with Crippen molar-refractivity contribution in [1.82, 2.24) is 15.5 Å². The lowest BCUT2D eigenvalue weighted by Crippen LogP contribution is -2.41. The van der Waals surface area contributed by atoms with E-state index in [1.165, 1.54) is 18.2 Å². The lowest BCUT2D eigenvalue weighted by molar-refractivity contribution is 0.116. The summed E-state index contributed by atoms with van der Waals surface area (Å²) in [4.78, 5) is 13.5. The Balaban J connectivity index is 2.57. The third-order valence-corrected chi connectivity index (χ3v) is 3.91. The molecular weight excluding hydrogens is 316 g/mol. The first-order valence-electron chi connectivity index (χ1n) is 8.04. The quantitative estimate of drug-likeness (QED) is 0.678. The highest BCUT2D eigenvalue weighted by atomic mass is 19.1. The number of nitrogens with zero attached hydrogens (tertiary/aromatic N) is 1. The van der Waals surface area contributed by atoms with Gasteiger partial charge >= 0.3 is 6.03 Å². The average Bonchev–Trinajstić information content (AvgIpc) is 2.49. The number of carbonyl (C=O) groups is 1. The number of rotatable bonds is 8. The molecule has 7 heteroatoms. The van der Waals surface area contributed by atoms with Gasteiger partial charge in [0.25, 0.3) is 0 Å². The topological polar surface area (TPSA) is 64.6 Å². The van der Waals surface area contributed by atoms with E-state index in [4.69, 9.17) is 0 Å². The second kappa shape index (κ2) is 9.54. The zero-order valence-corrected chi connectivity index (χ0v) is 14.6. The highest BCUT2D eigenvalue weighted by Crippen LogP contribution is 2.23. The molecular formula is C17H27F2N3O2. The van der Waals surface area contributed by atoms with Gasteiger partial charge in [-0.15, -0.1) is 0 Å². The van der Waals surface area contributed by atoms with Crippen LogP contribution in [0.5, 0.6) is 0 Å². The smallest absolute Gasteiger partial charge is 0.314 e. The van der Waals surface area contributed by atoms with E-state index in [1.807, 2.05) is 13.8 Å². The van der Waals surface area contributed by atoms with Crippen molar-refractivity contribution in [3.8, 4) is 0 Å². The summed E-state index contributed by atoms with van der Waals surface area (Å²) in [6.45, 7) is 4.18. The van der Waals surface area contributed by atoms with E-state index in [0.29, 0.717) is 13.0 Å². The molecule has 0 aromatic heterocycles. The van der Waals surface area contributed by atoms with Crippen molar-refractivity contribution in [2.45, 2.75) is 32.4 Å². The third-order valence-electron chi connectivity index (χ3n) is 3.91. The lowest BCUT2D eigenvalue weighted by atomic mass is 10.0. The van der Waals surface area contributed by atoms with E-state index < -0.39 is 29.8 Å². The molecule has 0 saturated heterocycles. The molecule has 0 aliphatic carbocycles. The number of halogens is 2. The summed E-state index contributed by atoms with van der Waals surface area (Å²) >= 11 is 0. The number of carbonyl (C=O) groups excluding carboxylic acids is 1. The summed E-state index contributed by atoms with van der Waals surface area (Å²) < 4.78 is 27.9. The van der Waals surface area contributed by atoms with Crippen LogP contribution in [0.15, 0.2) is 18.2 Å². The standard InChI is InChI=1S/C17H27F2N3O2/c1-11(2)15(23)8-9-20-17(24)21-10-14(22(3)4)16-12(18)6-5-7-13(16)19/h5-7,11,14-15,23H,8-10H2,1-4H3,(H2,20,21,24). The normalized spacial score (nSPS) is 13.9. The molecule has 3 N–H and O–H groups in total. The van der Waals surface area contributed by atoms with Crippen LogP contribution >= 0.6 is 0 Å². The first-order valence-corrected chi connectivity index (χ1v) is 8.04. The maximum Gasteiger partial charge on any atom is 0.314 e. The molecule has 0 aliphatic heterocycles. The monoisotopic (exact) mass is 343 g/mol. The summed E-state index contributed by atoms with van der Waals surface area (Å²) in [5, 5.41) is 14.9. The summed E-state index contributed by atoms with van der Waals surface area (Å²) in [5.41, 5.74) is -0.0713. The second-order valence-electron chi connectivity index (χ2n) is 6.35. The van der Waals surface area contributed by atoms with Crippen LogP contribution in [-0.2, 0) is 0 Å². The van der Waals surface area contributed by atoms with E-state index in [-0.39, 0.29) is 18.0 Å². The van der Waals surface area contributed by atoms with Crippen LogP contribution in [0.2, 0.25) is 0 Å². The molecule has 2 atom stereocenters. The van der Waals surface area contributed by atoms with Crippen molar-refractivity contribution < 1.29 is 18.7 Å². The fraction of sp³-hybridized carbons (Fsp3) is 0.588. The molecule has 2 amide bonds. The Labute approximate surface area is 142 Å². The molecule has 2 unspecified atom stereocenters. The minimum Gasteiger partial charge on any atom is -0.393 e. The highest BCUT2D eigenvalue weighted by molar-refractivity contribution is 5.73. The minimum atomic E-state index is -0.643. The Hall–Kier alpha value is -1.73. The summed E-state index contributed by atoms with van der Waals surface area (Å²) in [7, 11) is 3.38. The molecule has 136 valence electrons. The van der Waals surface area contributed by atoms with Crippen molar-refractivity contribution in [3.05, 3.63) is 35.4 Å². The molecule has 0 heterocycles. The van der Waals surface area contributed by atoms with Gasteiger partial charge in [-0.05, 0) is 38.6 Å². The van der Waals surface area contributed by atoms with Gasteiger partial charge in [0.1, 0.15) is 11.6 Å². The second-order valence-corrected chi connectivity index (χ2v) is 6.35. The summed E-state index contributed by atoms with van der Waals surface area (Å²) in [6, 6.07) is 2.64. The molecule has 1 aromatic carbocycles. The van der Waals surface area contributed by atoms with Crippen LogP contribution in [0.1, 0.15) is 31.9 Å². The van der Waals surface area contributed by atoms with Gasteiger partial charge < -0.3 is 20.6 Å². The van der Waals surface area contributed by atoms with Crippen molar-refractivity contribution >= 4 is 6.03 Å². The molecule has 0 aliphatic rings.